The third kappa shape index (κ3) is 4.95. The maximum atomic E-state index is 12.7. The summed E-state index contributed by atoms with van der Waals surface area (Å²) in [5.74, 6) is -1.30. The maximum Gasteiger partial charge on any atom is 0.391 e. The summed E-state index contributed by atoms with van der Waals surface area (Å²) < 4.78 is 38.1. The van der Waals surface area contributed by atoms with Crippen molar-refractivity contribution in [3.63, 3.8) is 0 Å². The first-order valence-electron chi connectivity index (χ1n) is 7.10. The summed E-state index contributed by atoms with van der Waals surface area (Å²) in [7, 11) is 0. The number of benzene rings is 1. The number of hydrogen-bond donors (Lipinski definition) is 2. The van der Waals surface area contributed by atoms with E-state index in [-0.39, 0.29) is 12.8 Å². The monoisotopic (exact) mass is 300 g/mol. The Morgan fingerprint density at radius 1 is 1.19 bits per heavy atom. The highest BCUT2D eigenvalue weighted by Crippen LogP contribution is 2.37. The molecule has 0 spiro atoms. The molecule has 1 aromatic carbocycles. The average Bonchev–Trinajstić information content (AvgIpc) is 2.46. The van der Waals surface area contributed by atoms with Crippen LogP contribution in [0.25, 0.3) is 0 Å². The molecular formula is C15H19F3N2O. The fraction of sp³-hybridized carbons (Fsp3) is 0.533. The molecule has 0 aliphatic heterocycles. The number of rotatable bonds is 3. The number of hydrogen-bond acceptors (Lipinski definition) is 1. The van der Waals surface area contributed by atoms with Crippen molar-refractivity contribution in [3.8, 4) is 0 Å². The largest absolute Gasteiger partial charge is 0.391 e. The molecule has 0 bridgehead atoms. The summed E-state index contributed by atoms with van der Waals surface area (Å²) in [5.41, 5.74) is 0.949. The predicted molar refractivity (Wildman–Crippen MR) is 73.6 cm³/mol. The van der Waals surface area contributed by atoms with Gasteiger partial charge in [-0.2, -0.15) is 13.2 Å². The number of urea groups is 1. The standard InChI is InChI=1S/C15H19F3N2O/c16-15(17,18)12-7-4-8-13(9-12)20-14(21)19-10-11-5-2-1-3-6-11/h1-3,5-6,12-13H,4,7-10H2,(H2,19,20,21)/t12-,13+/m1/s1. The lowest BCUT2D eigenvalue weighted by Crippen LogP contribution is -2.45. The van der Waals surface area contributed by atoms with E-state index < -0.39 is 24.2 Å². The Hall–Kier alpha value is -1.72. The van der Waals surface area contributed by atoms with E-state index in [4.69, 9.17) is 0 Å². The van der Waals surface area contributed by atoms with Gasteiger partial charge in [-0.1, -0.05) is 36.8 Å². The van der Waals surface area contributed by atoms with Crippen LogP contribution in [0.2, 0.25) is 0 Å². The van der Waals surface area contributed by atoms with Crippen LogP contribution in [0, 0.1) is 5.92 Å². The van der Waals surface area contributed by atoms with Gasteiger partial charge in [-0.05, 0) is 24.8 Å². The van der Waals surface area contributed by atoms with Gasteiger partial charge in [-0.3, -0.25) is 0 Å². The van der Waals surface area contributed by atoms with E-state index in [2.05, 4.69) is 10.6 Å². The minimum Gasteiger partial charge on any atom is -0.335 e. The molecule has 0 aromatic heterocycles. The van der Waals surface area contributed by atoms with E-state index in [9.17, 15) is 18.0 Å². The first kappa shape index (κ1) is 15.7. The van der Waals surface area contributed by atoms with Crippen molar-refractivity contribution in [1.29, 1.82) is 0 Å². The van der Waals surface area contributed by atoms with Crippen molar-refractivity contribution >= 4 is 6.03 Å². The Balaban J connectivity index is 1.77. The zero-order chi connectivity index (χ0) is 15.3. The molecule has 3 nitrogen and oxygen atoms in total. The second-order valence-corrected chi connectivity index (χ2v) is 5.41. The summed E-state index contributed by atoms with van der Waals surface area (Å²) in [6.07, 6.45) is -2.93. The summed E-state index contributed by atoms with van der Waals surface area (Å²) in [6, 6.07) is 8.55. The summed E-state index contributed by atoms with van der Waals surface area (Å²) >= 11 is 0. The molecule has 1 saturated carbocycles. The van der Waals surface area contributed by atoms with Crippen LogP contribution in [-0.4, -0.2) is 18.2 Å². The SMILES string of the molecule is O=C(NCc1ccccc1)N[C@H]1CCC[C@@H](C(F)(F)F)C1. The van der Waals surface area contributed by atoms with Gasteiger partial charge < -0.3 is 10.6 Å². The molecule has 1 aliphatic carbocycles. The molecule has 1 fully saturated rings. The van der Waals surface area contributed by atoms with Gasteiger partial charge in [0.05, 0.1) is 5.92 Å². The van der Waals surface area contributed by atoms with Crippen LogP contribution in [0.1, 0.15) is 31.2 Å². The minimum absolute atomic E-state index is 0.0255. The Bertz CT molecular complexity index is 462. The van der Waals surface area contributed by atoms with E-state index in [1.54, 1.807) is 0 Å². The molecule has 1 aromatic rings. The molecule has 6 heteroatoms. The Morgan fingerprint density at radius 2 is 1.90 bits per heavy atom. The zero-order valence-corrected chi connectivity index (χ0v) is 11.6. The lowest BCUT2D eigenvalue weighted by molar-refractivity contribution is -0.183. The first-order valence-corrected chi connectivity index (χ1v) is 7.10. The molecule has 2 N–H and O–H groups in total. The summed E-state index contributed by atoms with van der Waals surface area (Å²) in [5, 5.41) is 5.31. The van der Waals surface area contributed by atoms with Crippen molar-refractivity contribution in [2.24, 2.45) is 5.92 Å². The van der Waals surface area contributed by atoms with E-state index in [1.165, 1.54) is 0 Å². The molecule has 2 rings (SSSR count). The molecule has 0 radical (unpaired) electrons. The second-order valence-electron chi connectivity index (χ2n) is 5.41. The number of carbonyl (C=O) groups excluding carboxylic acids is 1. The number of amides is 2. The van der Waals surface area contributed by atoms with Gasteiger partial charge in [-0.25, -0.2) is 4.79 Å². The second kappa shape index (κ2) is 6.83. The topological polar surface area (TPSA) is 41.1 Å². The molecule has 0 saturated heterocycles. The van der Waals surface area contributed by atoms with Crippen LogP contribution < -0.4 is 10.6 Å². The third-order valence-corrected chi connectivity index (χ3v) is 3.77. The minimum atomic E-state index is -4.17. The highest BCUT2D eigenvalue weighted by molar-refractivity contribution is 5.74. The zero-order valence-electron chi connectivity index (χ0n) is 11.6. The van der Waals surface area contributed by atoms with Gasteiger partial charge in [-0.15, -0.1) is 0 Å². The van der Waals surface area contributed by atoms with Gasteiger partial charge in [0.25, 0.3) is 0 Å². The maximum absolute atomic E-state index is 12.7. The van der Waals surface area contributed by atoms with Crippen molar-refractivity contribution in [2.45, 2.75) is 44.4 Å². The molecular weight excluding hydrogens is 281 g/mol. The highest BCUT2D eigenvalue weighted by atomic mass is 19.4. The van der Waals surface area contributed by atoms with E-state index >= 15 is 0 Å². The summed E-state index contributed by atoms with van der Waals surface area (Å²) in [4.78, 5) is 11.7. The fourth-order valence-corrected chi connectivity index (χ4v) is 2.63. The van der Waals surface area contributed by atoms with E-state index in [1.807, 2.05) is 30.3 Å². The normalized spacial score (nSPS) is 22.6. The summed E-state index contributed by atoms with van der Waals surface area (Å²) in [6.45, 7) is 0.363. The van der Waals surface area contributed by atoms with E-state index in [0.717, 1.165) is 5.56 Å². The molecule has 0 unspecified atom stereocenters. The number of halogens is 3. The lowest BCUT2D eigenvalue weighted by Gasteiger charge is -2.31. The van der Waals surface area contributed by atoms with Gasteiger partial charge in [0, 0.05) is 12.6 Å². The Morgan fingerprint density at radius 3 is 2.57 bits per heavy atom. The molecule has 2 amide bonds. The van der Waals surface area contributed by atoms with Crippen molar-refractivity contribution < 1.29 is 18.0 Å². The van der Waals surface area contributed by atoms with Crippen molar-refractivity contribution in [1.82, 2.24) is 10.6 Å². The molecule has 116 valence electrons. The van der Waals surface area contributed by atoms with Crippen LogP contribution in [0.5, 0.6) is 0 Å². The smallest absolute Gasteiger partial charge is 0.335 e. The Labute approximate surface area is 121 Å². The molecule has 0 heterocycles. The lowest BCUT2D eigenvalue weighted by atomic mass is 9.85. The van der Waals surface area contributed by atoms with Crippen LogP contribution >= 0.6 is 0 Å². The van der Waals surface area contributed by atoms with Crippen LogP contribution in [0.3, 0.4) is 0 Å². The van der Waals surface area contributed by atoms with Crippen LogP contribution in [0.4, 0.5) is 18.0 Å². The van der Waals surface area contributed by atoms with Gasteiger partial charge in [0.1, 0.15) is 0 Å². The Kier molecular flexibility index (Phi) is 5.09. The van der Waals surface area contributed by atoms with Crippen LogP contribution in [0.15, 0.2) is 30.3 Å². The predicted octanol–water partition coefficient (Wildman–Crippen LogP) is 3.61. The molecule has 1 aliphatic rings. The molecule has 2 atom stereocenters. The van der Waals surface area contributed by atoms with Gasteiger partial charge in [0.2, 0.25) is 0 Å². The van der Waals surface area contributed by atoms with Crippen molar-refractivity contribution in [2.75, 3.05) is 0 Å². The highest BCUT2D eigenvalue weighted by Gasteiger charge is 2.42. The number of nitrogens with one attached hydrogen (secondary N) is 2. The fourth-order valence-electron chi connectivity index (χ4n) is 2.63. The first-order chi connectivity index (χ1) is 9.95. The van der Waals surface area contributed by atoms with Crippen molar-refractivity contribution in [3.05, 3.63) is 35.9 Å². The van der Waals surface area contributed by atoms with Crippen LogP contribution in [-0.2, 0) is 6.54 Å². The van der Waals surface area contributed by atoms with Gasteiger partial charge in [0.15, 0.2) is 0 Å². The number of alkyl halides is 3. The van der Waals surface area contributed by atoms with Gasteiger partial charge >= 0.3 is 12.2 Å². The third-order valence-electron chi connectivity index (χ3n) is 3.77. The quantitative estimate of drug-likeness (QED) is 0.879. The average molecular weight is 300 g/mol. The molecule has 21 heavy (non-hydrogen) atoms. The number of carbonyl (C=O) groups is 1. The van der Waals surface area contributed by atoms with E-state index in [0.29, 0.717) is 19.4 Å².